The fourth-order valence-electron chi connectivity index (χ4n) is 2.15. The second-order valence-electron chi connectivity index (χ2n) is 6.18. The Labute approximate surface area is 141 Å². The summed E-state index contributed by atoms with van der Waals surface area (Å²) in [6.45, 7) is 3.38. The SMILES string of the molecule is CC(=O)Nc1ccc(NC(=O)[C@@H](C)N(C)CC(=O)NC2CC2)cc1. The lowest BCUT2D eigenvalue weighted by molar-refractivity contribution is -0.125. The lowest BCUT2D eigenvalue weighted by atomic mass is 10.2. The molecule has 1 aliphatic rings. The van der Waals surface area contributed by atoms with E-state index in [-0.39, 0.29) is 24.3 Å². The first-order valence-corrected chi connectivity index (χ1v) is 8.03. The number of benzene rings is 1. The fraction of sp³-hybridized carbons (Fsp3) is 0.471. The number of anilines is 2. The second kappa shape index (κ2) is 7.92. The Balaban J connectivity index is 1.83. The Hall–Kier alpha value is -2.41. The van der Waals surface area contributed by atoms with Crippen LogP contribution in [0.3, 0.4) is 0 Å². The van der Waals surface area contributed by atoms with Crippen molar-refractivity contribution < 1.29 is 14.4 Å². The molecule has 1 atom stereocenters. The number of rotatable bonds is 7. The van der Waals surface area contributed by atoms with Crippen molar-refractivity contribution in [1.82, 2.24) is 10.2 Å². The monoisotopic (exact) mass is 332 g/mol. The number of hydrogen-bond donors (Lipinski definition) is 3. The average Bonchev–Trinajstić information content (AvgIpc) is 3.31. The van der Waals surface area contributed by atoms with Gasteiger partial charge in [-0.25, -0.2) is 0 Å². The summed E-state index contributed by atoms with van der Waals surface area (Å²) < 4.78 is 0. The molecule has 1 aromatic rings. The minimum atomic E-state index is -0.440. The lowest BCUT2D eigenvalue weighted by Gasteiger charge is -2.23. The summed E-state index contributed by atoms with van der Waals surface area (Å²) in [6.07, 6.45) is 2.08. The number of nitrogens with one attached hydrogen (secondary N) is 3. The molecule has 7 nitrogen and oxygen atoms in total. The van der Waals surface area contributed by atoms with Gasteiger partial charge in [0.05, 0.1) is 12.6 Å². The highest BCUT2D eigenvalue weighted by atomic mass is 16.2. The number of carbonyl (C=O) groups is 3. The minimum Gasteiger partial charge on any atom is -0.352 e. The normalized spacial score (nSPS) is 14.8. The van der Waals surface area contributed by atoms with Gasteiger partial charge in [-0.05, 0) is 51.1 Å². The van der Waals surface area contributed by atoms with E-state index in [1.807, 2.05) is 0 Å². The maximum Gasteiger partial charge on any atom is 0.241 e. The Morgan fingerprint density at radius 1 is 1.12 bits per heavy atom. The van der Waals surface area contributed by atoms with Gasteiger partial charge in [-0.3, -0.25) is 19.3 Å². The smallest absolute Gasteiger partial charge is 0.241 e. The van der Waals surface area contributed by atoms with Crippen LogP contribution in [-0.4, -0.2) is 48.3 Å². The molecule has 3 amide bonds. The number of nitrogens with zero attached hydrogens (tertiary/aromatic N) is 1. The second-order valence-corrected chi connectivity index (χ2v) is 6.18. The van der Waals surface area contributed by atoms with Crippen molar-refractivity contribution in [2.24, 2.45) is 0 Å². The molecule has 3 N–H and O–H groups in total. The zero-order chi connectivity index (χ0) is 17.7. The van der Waals surface area contributed by atoms with E-state index in [1.165, 1.54) is 6.92 Å². The van der Waals surface area contributed by atoms with E-state index >= 15 is 0 Å². The summed E-state index contributed by atoms with van der Waals surface area (Å²) in [6, 6.07) is 6.75. The molecule has 1 saturated carbocycles. The van der Waals surface area contributed by atoms with Gasteiger partial charge in [0.2, 0.25) is 17.7 Å². The highest BCUT2D eigenvalue weighted by Crippen LogP contribution is 2.18. The minimum absolute atomic E-state index is 0.0562. The van der Waals surface area contributed by atoms with E-state index in [1.54, 1.807) is 43.1 Å². The van der Waals surface area contributed by atoms with Crippen LogP contribution in [0, 0.1) is 0 Å². The molecule has 0 bridgehead atoms. The van der Waals surface area contributed by atoms with Gasteiger partial charge in [0, 0.05) is 24.3 Å². The van der Waals surface area contributed by atoms with E-state index in [0.717, 1.165) is 12.8 Å². The molecule has 0 spiro atoms. The largest absolute Gasteiger partial charge is 0.352 e. The molecular formula is C17H24N4O3. The summed E-state index contributed by atoms with van der Waals surface area (Å²) in [7, 11) is 1.75. The summed E-state index contributed by atoms with van der Waals surface area (Å²) >= 11 is 0. The highest BCUT2D eigenvalue weighted by molar-refractivity contribution is 5.95. The predicted molar refractivity (Wildman–Crippen MR) is 92.6 cm³/mol. The molecule has 0 aromatic heterocycles. The summed E-state index contributed by atoms with van der Waals surface area (Å²) in [5, 5.41) is 8.37. The molecule has 1 fully saturated rings. The van der Waals surface area contributed by atoms with Crippen LogP contribution in [0.15, 0.2) is 24.3 Å². The molecule has 7 heteroatoms. The van der Waals surface area contributed by atoms with E-state index in [9.17, 15) is 14.4 Å². The number of amides is 3. The van der Waals surface area contributed by atoms with Gasteiger partial charge in [0.25, 0.3) is 0 Å². The van der Waals surface area contributed by atoms with E-state index in [2.05, 4.69) is 16.0 Å². The van der Waals surface area contributed by atoms with Gasteiger partial charge in [-0.1, -0.05) is 0 Å². The molecule has 0 heterocycles. The van der Waals surface area contributed by atoms with Crippen molar-refractivity contribution in [1.29, 1.82) is 0 Å². The molecule has 0 aliphatic heterocycles. The summed E-state index contributed by atoms with van der Waals surface area (Å²) in [4.78, 5) is 36.8. The molecule has 130 valence electrons. The predicted octanol–water partition coefficient (Wildman–Crippen LogP) is 1.18. The van der Waals surface area contributed by atoms with Crippen molar-refractivity contribution in [2.45, 2.75) is 38.8 Å². The number of carbonyl (C=O) groups excluding carboxylic acids is 3. The summed E-state index contributed by atoms with van der Waals surface area (Å²) in [5.74, 6) is -0.394. The fourth-order valence-corrected chi connectivity index (χ4v) is 2.15. The molecule has 0 unspecified atom stereocenters. The van der Waals surface area contributed by atoms with Crippen molar-refractivity contribution >= 4 is 29.1 Å². The van der Waals surface area contributed by atoms with Crippen LogP contribution in [-0.2, 0) is 14.4 Å². The maximum atomic E-state index is 12.3. The third kappa shape index (κ3) is 5.66. The van der Waals surface area contributed by atoms with Crippen LogP contribution in [0.4, 0.5) is 11.4 Å². The van der Waals surface area contributed by atoms with Crippen LogP contribution < -0.4 is 16.0 Å². The average molecular weight is 332 g/mol. The quantitative estimate of drug-likeness (QED) is 0.699. The van der Waals surface area contributed by atoms with Crippen LogP contribution in [0.25, 0.3) is 0 Å². The molecule has 1 aromatic carbocycles. The molecule has 0 saturated heterocycles. The Morgan fingerprint density at radius 2 is 1.67 bits per heavy atom. The van der Waals surface area contributed by atoms with E-state index in [4.69, 9.17) is 0 Å². The van der Waals surface area contributed by atoms with Gasteiger partial charge >= 0.3 is 0 Å². The third-order valence-electron chi connectivity index (χ3n) is 3.85. The molecule has 24 heavy (non-hydrogen) atoms. The van der Waals surface area contributed by atoms with Gasteiger partial charge in [0.15, 0.2) is 0 Å². The Bertz CT molecular complexity index is 611. The number of hydrogen-bond acceptors (Lipinski definition) is 4. The van der Waals surface area contributed by atoms with Crippen LogP contribution >= 0.6 is 0 Å². The van der Waals surface area contributed by atoms with Gasteiger partial charge in [0.1, 0.15) is 0 Å². The van der Waals surface area contributed by atoms with Crippen LogP contribution in [0.5, 0.6) is 0 Å². The van der Waals surface area contributed by atoms with Crippen molar-refractivity contribution in [2.75, 3.05) is 24.2 Å². The standard InChI is InChI=1S/C17H24N4O3/c1-11(21(3)10-16(23)19-14-6-7-14)17(24)20-15-8-4-13(5-9-15)18-12(2)22/h4-5,8-9,11,14H,6-7,10H2,1-3H3,(H,18,22)(H,19,23)(H,20,24)/t11-/m1/s1. The topological polar surface area (TPSA) is 90.5 Å². The van der Waals surface area contributed by atoms with E-state index < -0.39 is 6.04 Å². The maximum absolute atomic E-state index is 12.3. The van der Waals surface area contributed by atoms with Crippen LogP contribution in [0.1, 0.15) is 26.7 Å². The molecular weight excluding hydrogens is 308 g/mol. The first-order valence-electron chi connectivity index (χ1n) is 8.03. The van der Waals surface area contributed by atoms with Gasteiger partial charge in [-0.2, -0.15) is 0 Å². The third-order valence-corrected chi connectivity index (χ3v) is 3.85. The Morgan fingerprint density at radius 3 is 2.17 bits per heavy atom. The Kier molecular flexibility index (Phi) is 5.92. The van der Waals surface area contributed by atoms with Crippen molar-refractivity contribution in [3.63, 3.8) is 0 Å². The van der Waals surface area contributed by atoms with Gasteiger partial charge in [-0.15, -0.1) is 0 Å². The lowest BCUT2D eigenvalue weighted by Crippen LogP contribution is -2.45. The van der Waals surface area contributed by atoms with Crippen molar-refractivity contribution in [3.05, 3.63) is 24.3 Å². The van der Waals surface area contributed by atoms with Crippen LogP contribution in [0.2, 0.25) is 0 Å². The van der Waals surface area contributed by atoms with Gasteiger partial charge < -0.3 is 16.0 Å². The molecule has 2 rings (SSSR count). The highest BCUT2D eigenvalue weighted by Gasteiger charge is 2.25. The van der Waals surface area contributed by atoms with Crippen molar-refractivity contribution in [3.8, 4) is 0 Å². The van der Waals surface area contributed by atoms with E-state index in [0.29, 0.717) is 17.4 Å². The molecule has 0 radical (unpaired) electrons. The number of likely N-dealkylation sites (N-methyl/N-ethyl adjacent to an activating group) is 1. The zero-order valence-electron chi connectivity index (χ0n) is 14.3. The first-order chi connectivity index (χ1) is 11.3. The first kappa shape index (κ1) is 17.9. The molecule has 1 aliphatic carbocycles. The zero-order valence-corrected chi connectivity index (χ0v) is 14.3. The summed E-state index contributed by atoms with van der Waals surface area (Å²) in [5.41, 5.74) is 1.30.